The zero-order chi connectivity index (χ0) is 25.3. The first-order valence-electron chi connectivity index (χ1n) is 12.4. The minimum atomic E-state index is -0.550. The second kappa shape index (κ2) is 9.65. The summed E-state index contributed by atoms with van der Waals surface area (Å²) < 4.78 is 11.8. The predicted molar refractivity (Wildman–Crippen MR) is 141 cm³/mol. The number of carbonyl (C=O) groups is 2. The smallest absolute Gasteiger partial charge is 0.254 e. The second-order valence-electron chi connectivity index (χ2n) is 9.76. The van der Waals surface area contributed by atoms with Crippen molar-refractivity contribution in [2.75, 3.05) is 20.2 Å². The fourth-order valence-corrected chi connectivity index (χ4v) is 5.10. The molecular weight excluding hydrogens is 450 g/mol. The molecule has 0 radical (unpaired) electrons. The molecule has 36 heavy (non-hydrogen) atoms. The number of benzene rings is 3. The third-order valence-corrected chi connectivity index (χ3v) is 7.48. The molecule has 1 amide bonds. The summed E-state index contributed by atoms with van der Waals surface area (Å²) in [4.78, 5) is 28.7. The summed E-state index contributed by atoms with van der Waals surface area (Å²) in [6.45, 7) is 5.12. The number of aryl methyl sites for hydroxylation is 1. The number of rotatable bonds is 4. The Hall–Kier alpha value is -3.86. The van der Waals surface area contributed by atoms with Crippen molar-refractivity contribution in [3.63, 3.8) is 0 Å². The van der Waals surface area contributed by atoms with Crippen molar-refractivity contribution < 1.29 is 19.1 Å². The highest BCUT2D eigenvalue weighted by Gasteiger charge is 2.44. The number of hydrogen-bond donors (Lipinski definition) is 0. The maximum absolute atomic E-state index is 13.8. The third-order valence-electron chi connectivity index (χ3n) is 7.48. The molecule has 0 atom stereocenters. The number of ketones is 1. The zero-order valence-corrected chi connectivity index (χ0v) is 21.0. The van der Waals surface area contributed by atoms with E-state index in [1.807, 2.05) is 91.6 Å². The first-order valence-corrected chi connectivity index (χ1v) is 12.4. The van der Waals surface area contributed by atoms with Gasteiger partial charge in [0, 0.05) is 31.5 Å². The number of methoxy groups -OCH3 is 1. The van der Waals surface area contributed by atoms with E-state index >= 15 is 0 Å². The van der Waals surface area contributed by atoms with Crippen LogP contribution in [0.3, 0.4) is 0 Å². The van der Waals surface area contributed by atoms with Crippen LogP contribution in [0.1, 0.15) is 51.9 Å². The molecule has 0 unspecified atom stereocenters. The summed E-state index contributed by atoms with van der Waals surface area (Å²) >= 11 is 0. The quantitative estimate of drug-likeness (QED) is 0.345. The predicted octanol–water partition coefficient (Wildman–Crippen LogP) is 5.88. The molecule has 5 rings (SSSR count). The van der Waals surface area contributed by atoms with Gasteiger partial charge in [-0.05, 0) is 60.4 Å². The van der Waals surface area contributed by atoms with Gasteiger partial charge in [0.05, 0.1) is 19.1 Å². The maximum Gasteiger partial charge on any atom is 0.254 e. The summed E-state index contributed by atoms with van der Waals surface area (Å²) in [5, 5.41) is 0. The highest BCUT2D eigenvalue weighted by Crippen LogP contribution is 2.42. The molecule has 1 saturated heterocycles. The van der Waals surface area contributed by atoms with E-state index in [0.717, 1.165) is 33.8 Å². The van der Waals surface area contributed by atoms with E-state index in [2.05, 4.69) is 0 Å². The molecule has 5 nitrogen and oxygen atoms in total. The Morgan fingerprint density at radius 3 is 2.33 bits per heavy atom. The number of likely N-dealkylation sites (tertiary alicyclic amines) is 1. The molecule has 1 spiro atoms. The van der Waals surface area contributed by atoms with E-state index in [4.69, 9.17) is 9.47 Å². The molecule has 2 heterocycles. The highest BCUT2D eigenvalue weighted by molar-refractivity contribution is 6.24. The zero-order valence-electron chi connectivity index (χ0n) is 21.0. The Bertz CT molecular complexity index is 1320. The fourth-order valence-electron chi connectivity index (χ4n) is 5.10. The van der Waals surface area contributed by atoms with Crippen LogP contribution < -0.4 is 9.47 Å². The molecule has 1 fully saturated rings. The SMILES string of the molecule is COc1ccc(/C=C(/C(=O)N2CCC3(CC2)CC(=O)c2ccc(C)c(C)c2O3)c2ccccc2)cc1. The van der Waals surface area contributed by atoms with Crippen LogP contribution in [0.2, 0.25) is 0 Å². The molecule has 3 aromatic carbocycles. The first-order chi connectivity index (χ1) is 17.4. The fraction of sp³-hybridized carbons (Fsp3) is 0.290. The van der Waals surface area contributed by atoms with E-state index in [0.29, 0.717) is 43.5 Å². The molecule has 0 aromatic heterocycles. The minimum absolute atomic E-state index is 0.0126. The Kier molecular flexibility index (Phi) is 6.40. The van der Waals surface area contributed by atoms with Crippen LogP contribution in [0.4, 0.5) is 0 Å². The lowest BCUT2D eigenvalue weighted by Crippen LogP contribution is -2.52. The summed E-state index contributed by atoms with van der Waals surface area (Å²) in [5.41, 5.74) is 4.72. The van der Waals surface area contributed by atoms with Crippen molar-refractivity contribution in [1.29, 1.82) is 0 Å². The standard InChI is InChI=1S/C31H31NO4/c1-21-9-14-26-28(33)20-31(36-29(26)22(21)2)15-17-32(18-16-31)30(34)27(24-7-5-4-6-8-24)19-23-10-12-25(35-3)13-11-23/h4-14,19H,15-18,20H2,1-3H3/b27-19+. The summed E-state index contributed by atoms with van der Waals surface area (Å²) in [6.07, 6.45) is 3.55. The molecule has 5 heteroatoms. The van der Waals surface area contributed by atoms with Crippen molar-refractivity contribution >= 4 is 23.3 Å². The summed E-state index contributed by atoms with van der Waals surface area (Å²) in [7, 11) is 1.64. The van der Waals surface area contributed by atoms with E-state index in [1.54, 1.807) is 7.11 Å². The van der Waals surface area contributed by atoms with E-state index in [9.17, 15) is 9.59 Å². The maximum atomic E-state index is 13.8. The Labute approximate surface area is 212 Å². The Balaban J connectivity index is 1.38. The van der Waals surface area contributed by atoms with Crippen LogP contribution in [-0.2, 0) is 4.79 Å². The van der Waals surface area contributed by atoms with Crippen molar-refractivity contribution in [2.24, 2.45) is 0 Å². The van der Waals surface area contributed by atoms with Crippen molar-refractivity contribution in [2.45, 2.75) is 38.7 Å². The molecule has 2 aliphatic rings. The number of Topliss-reactive ketones (excluding diaryl/α,β-unsaturated/α-hetero) is 1. The molecule has 184 valence electrons. The number of nitrogens with zero attached hydrogens (tertiary/aromatic N) is 1. The lowest BCUT2D eigenvalue weighted by atomic mass is 9.81. The van der Waals surface area contributed by atoms with Gasteiger partial charge in [-0.2, -0.15) is 0 Å². The Morgan fingerprint density at radius 2 is 1.67 bits per heavy atom. The number of amides is 1. The van der Waals surface area contributed by atoms with Gasteiger partial charge in [-0.1, -0.05) is 48.5 Å². The van der Waals surface area contributed by atoms with Crippen LogP contribution in [0.25, 0.3) is 11.6 Å². The van der Waals surface area contributed by atoms with Crippen LogP contribution >= 0.6 is 0 Å². The van der Waals surface area contributed by atoms with Gasteiger partial charge in [0.25, 0.3) is 5.91 Å². The number of fused-ring (bicyclic) bond motifs is 1. The van der Waals surface area contributed by atoms with Crippen molar-refractivity contribution in [3.05, 3.63) is 94.5 Å². The largest absolute Gasteiger partial charge is 0.497 e. The van der Waals surface area contributed by atoms with Gasteiger partial charge in [-0.3, -0.25) is 9.59 Å². The van der Waals surface area contributed by atoms with Gasteiger partial charge in [-0.25, -0.2) is 0 Å². The summed E-state index contributed by atoms with van der Waals surface area (Å²) in [6, 6.07) is 21.3. The Morgan fingerprint density at radius 1 is 0.972 bits per heavy atom. The van der Waals surface area contributed by atoms with Gasteiger partial charge in [0.15, 0.2) is 5.78 Å². The van der Waals surface area contributed by atoms with Crippen LogP contribution in [-0.4, -0.2) is 42.4 Å². The average molecular weight is 482 g/mol. The van der Waals surface area contributed by atoms with Crippen LogP contribution in [0.5, 0.6) is 11.5 Å². The third kappa shape index (κ3) is 4.53. The second-order valence-corrected chi connectivity index (χ2v) is 9.76. The van der Waals surface area contributed by atoms with Gasteiger partial charge >= 0.3 is 0 Å². The van der Waals surface area contributed by atoms with Crippen molar-refractivity contribution in [3.8, 4) is 11.5 Å². The number of piperidine rings is 1. The minimum Gasteiger partial charge on any atom is -0.497 e. The first kappa shape index (κ1) is 23.9. The average Bonchev–Trinajstić information content (AvgIpc) is 2.90. The number of ether oxygens (including phenoxy) is 2. The van der Waals surface area contributed by atoms with Crippen molar-refractivity contribution in [1.82, 2.24) is 4.90 Å². The summed E-state index contributed by atoms with van der Waals surface area (Å²) in [5.74, 6) is 1.61. The van der Waals surface area contributed by atoms with Gasteiger partial charge in [-0.15, -0.1) is 0 Å². The van der Waals surface area contributed by atoms with Gasteiger partial charge in [0.2, 0.25) is 0 Å². The highest BCUT2D eigenvalue weighted by atomic mass is 16.5. The van der Waals surface area contributed by atoms with E-state index < -0.39 is 5.60 Å². The molecule has 0 saturated carbocycles. The molecule has 0 bridgehead atoms. The van der Waals surface area contributed by atoms with Crippen LogP contribution in [0.15, 0.2) is 66.7 Å². The number of carbonyl (C=O) groups excluding carboxylic acids is 2. The molecule has 3 aromatic rings. The molecular formula is C31H31NO4. The molecule has 0 N–H and O–H groups in total. The topological polar surface area (TPSA) is 55.8 Å². The van der Waals surface area contributed by atoms with Gasteiger partial charge in [0.1, 0.15) is 17.1 Å². The lowest BCUT2D eigenvalue weighted by Gasteiger charge is -2.44. The molecule has 2 aliphatic heterocycles. The van der Waals surface area contributed by atoms with Gasteiger partial charge < -0.3 is 14.4 Å². The normalized spacial score (nSPS) is 16.9. The van der Waals surface area contributed by atoms with E-state index in [1.165, 1.54) is 0 Å². The monoisotopic (exact) mass is 481 g/mol. The van der Waals surface area contributed by atoms with Crippen LogP contribution in [0, 0.1) is 13.8 Å². The number of hydrogen-bond acceptors (Lipinski definition) is 4. The lowest BCUT2D eigenvalue weighted by molar-refractivity contribution is -0.128. The molecule has 0 aliphatic carbocycles. The van der Waals surface area contributed by atoms with E-state index in [-0.39, 0.29) is 11.7 Å².